The van der Waals surface area contributed by atoms with Crippen LogP contribution in [0, 0.1) is 0 Å². The van der Waals surface area contributed by atoms with Crippen LogP contribution in [-0.4, -0.2) is 39.3 Å². The Morgan fingerprint density at radius 3 is 1.97 bits per heavy atom. The van der Waals surface area contributed by atoms with Gasteiger partial charge in [-0.25, -0.2) is 13.1 Å². The lowest BCUT2D eigenvalue weighted by Crippen LogP contribution is -2.38. The highest BCUT2D eigenvalue weighted by atomic mass is 32.2. The number of ether oxygens (including phenoxy) is 2. The molecule has 0 amide bonds. The molecule has 1 aromatic carbocycles. The first-order chi connectivity index (χ1) is 13.4. The van der Waals surface area contributed by atoms with Gasteiger partial charge in [-0.05, 0) is 57.2 Å². The largest absolute Gasteiger partial charge is 0.465 e. The van der Waals surface area contributed by atoms with Crippen molar-refractivity contribution in [3.8, 4) is 5.75 Å². The summed E-state index contributed by atoms with van der Waals surface area (Å²) in [6, 6.07) is 8.28. The molecule has 29 heavy (non-hydrogen) atoms. The van der Waals surface area contributed by atoms with Gasteiger partial charge in [0.2, 0.25) is 10.0 Å². The molecule has 3 atom stereocenters. The first kappa shape index (κ1) is 27.7. The first-order valence-corrected chi connectivity index (χ1v) is 11.3. The molecule has 9 heteroatoms. The molecular formula is C20H34F3NO4S. The van der Waals surface area contributed by atoms with E-state index in [-0.39, 0.29) is 12.7 Å². The summed E-state index contributed by atoms with van der Waals surface area (Å²) >= 11 is 0. The molecule has 0 saturated carbocycles. The van der Waals surface area contributed by atoms with Gasteiger partial charge in [-0.1, -0.05) is 32.9 Å². The Morgan fingerprint density at radius 1 is 1.00 bits per heavy atom. The minimum Gasteiger partial charge on any atom is -0.465 e. The van der Waals surface area contributed by atoms with Crippen molar-refractivity contribution in [2.75, 3.05) is 13.2 Å². The van der Waals surface area contributed by atoms with Crippen molar-refractivity contribution in [1.82, 2.24) is 4.72 Å². The van der Waals surface area contributed by atoms with Crippen molar-refractivity contribution in [2.45, 2.75) is 78.0 Å². The number of hydrogen-bond acceptors (Lipinski definition) is 4. The van der Waals surface area contributed by atoms with Crippen molar-refractivity contribution < 1.29 is 31.1 Å². The SMILES string of the molecule is CCC(C)S(=O)(=O)NCC(F)(F)F.CCOC(C)Oc1ccc(C(C)CC)cc1. The topological polar surface area (TPSA) is 64.6 Å². The fourth-order valence-corrected chi connectivity index (χ4v) is 3.20. The van der Waals surface area contributed by atoms with Crippen LogP contribution in [0.25, 0.3) is 0 Å². The Balaban J connectivity index is 0.000000555. The normalized spacial score (nSPS) is 15.1. The zero-order chi connectivity index (χ0) is 22.7. The lowest BCUT2D eigenvalue weighted by atomic mass is 9.99. The number of benzene rings is 1. The summed E-state index contributed by atoms with van der Waals surface area (Å²) in [5.74, 6) is 1.48. The van der Waals surface area contributed by atoms with Crippen molar-refractivity contribution in [2.24, 2.45) is 0 Å². The van der Waals surface area contributed by atoms with E-state index in [1.165, 1.54) is 17.2 Å². The summed E-state index contributed by atoms with van der Waals surface area (Å²) in [5.41, 5.74) is 1.36. The Morgan fingerprint density at radius 2 is 1.55 bits per heavy atom. The molecule has 170 valence electrons. The predicted octanol–water partition coefficient (Wildman–Crippen LogP) is 5.23. The number of rotatable bonds is 10. The molecule has 1 N–H and O–H groups in total. The number of sulfonamides is 1. The third kappa shape index (κ3) is 12.1. The van der Waals surface area contributed by atoms with E-state index >= 15 is 0 Å². The summed E-state index contributed by atoms with van der Waals surface area (Å²) in [6.07, 6.45) is -3.23. The Kier molecular flexibility index (Phi) is 12.5. The summed E-state index contributed by atoms with van der Waals surface area (Å²) < 4.78 is 69.3. The summed E-state index contributed by atoms with van der Waals surface area (Å²) in [6.45, 7) is 10.4. The molecule has 1 aromatic rings. The van der Waals surface area contributed by atoms with E-state index in [1.807, 2.05) is 26.0 Å². The Labute approximate surface area is 173 Å². The van der Waals surface area contributed by atoms with Crippen LogP contribution in [0.2, 0.25) is 0 Å². The average molecular weight is 442 g/mol. The quantitative estimate of drug-likeness (QED) is 0.505. The van der Waals surface area contributed by atoms with Gasteiger partial charge in [-0.15, -0.1) is 0 Å². The highest BCUT2D eigenvalue weighted by Gasteiger charge is 2.30. The van der Waals surface area contributed by atoms with Crippen LogP contribution in [0.1, 0.15) is 65.9 Å². The van der Waals surface area contributed by atoms with Gasteiger partial charge in [0.15, 0.2) is 6.29 Å². The number of nitrogens with one attached hydrogen (secondary N) is 1. The van der Waals surface area contributed by atoms with Gasteiger partial charge >= 0.3 is 6.18 Å². The van der Waals surface area contributed by atoms with Gasteiger partial charge < -0.3 is 9.47 Å². The van der Waals surface area contributed by atoms with Crippen molar-refractivity contribution in [3.63, 3.8) is 0 Å². The van der Waals surface area contributed by atoms with Crippen molar-refractivity contribution in [3.05, 3.63) is 29.8 Å². The van der Waals surface area contributed by atoms with E-state index in [0.717, 1.165) is 12.2 Å². The lowest BCUT2D eigenvalue weighted by molar-refractivity contribution is -0.121. The Hall–Kier alpha value is -1.32. The monoisotopic (exact) mass is 441 g/mol. The lowest BCUT2D eigenvalue weighted by Gasteiger charge is -2.15. The van der Waals surface area contributed by atoms with Crippen LogP contribution < -0.4 is 9.46 Å². The van der Waals surface area contributed by atoms with Gasteiger partial charge in [0, 0.05) is 6.61 Å². The van der Waals surface area contributed by atoms with E-state index in [0.29, 0.717) is 12.5 Å². The molecule has 0 heterocycles. The summed E-state index contributed by atoms with van der Waals surface area (Å²) in [7, 11) is -3.81. The molecule has 0 radical (unpaired) electrons. The van der Waals surface area contributed by atoms with Gasteiger partial charge in [-0.3, -0.25) is 0 Å². The number of alkyl halides is 3. The molecule has 0 aliphatic rings. The number of halogens is 3. The molecule has 0 spiro atoms. The van der Waals surface area contributed by atoms with E-state index in [9.17, 15) is 21.6 Å². The minimum absolute atomic E-state index is 0.181. The molecular weight excluding hydrogens is 407 g/mol. The molecule has 0 bridgehead atoms. The zero-order valence-corrected chi connectivity index (χ0v) is 18.9. The third-order valence-electron chi connectivity index (χ3n) is 4.34. The van der Waals surface area contributed by atoms with Gasteiger partial charge in [0.05, 0.1) is 5.25 Å². The van der Waals surface area contributed by atoms with Crippen molar-refractivity contribution in [1.29, 1.82) is 0 Å². The second-order valence-electron chi connectivity index (χ2n) is 6.72. The highest BCUT2D eigenvalue weighted by molar-refractivity contribution is 7.90. The standard InChI is InChI=1S/C14H22O2.C6H12F3NO2S/c1-5-11(3)13-7-9-14(10-8-13)16-12(4)15-6-2;1-3-5(2)13(11,12)10-4-6(7,8)9/h7-12H,5-6H2,1-4H3;5,10H,3-4H2,1-2H3. The molecule has 0 aromatic heterocycles. The second-order valence-corrected chi connectivity index (χ2v) is 8.90. The maximum Gasteiger partial charge on any atom is 0.402 e. The molecule has 0 fully saturated rings. The maximum atomic E-state index is 11.6. The van der Waals surface area contributed by atoms with E-state index < -0.39 is 28.0 Å². The van der Waals surface area contributed by atoms with Crippen LogP contribution in [0.3, 0.4) is 0 Å². The smallest absolute Gasteiger partial charge is 0.402 e. The predicted molar refractivity (Wildman–Crippen MR) is 110 cm³/mol. The van der Waals surface area contributed by atoms with E-state index in [1.54, 1.807) is 6.92 Å². The van der Waals surface area contributed by atoms with Crippen LogP contribution in [0.4, 0.5) is 13.2 Å². The summed E-state index contributed by atoms with van der Waals surface area (Å²) in [4.78, 5) is 0. The van der Waals surface area contributed by atoms with Crippen LogP contribution in [0.15, 0.2) is 24.3 Å². The summed E-state index contributed by atoms with van der Waals surface area (Å²) in [5, 5.41) is -0.796. The molecule has 3 unspecified atom stereocenters. The van der Waals surface area contributed by atoms with Crippen LogP contribution >= 0.6 is 0 Å². The second kappa shape index (κ2) is 13.1. The fourth-order valence-electron chi connectivity index (χ4n) is 2.12. The van der Waals surface area contributed by atoms with Crippen LogP contribution in [-0.2, 0) is 14.8 Å². The molecule has 0 aliphatic heterocycles. The maximum absolute atomic E-state index is 11.6. The zero-order valence-electron chi connectivity index (χ0n) is 18.0. The van der Waals surface area contributed by atoms with Gasteiger partial charge in [-0.2, -0.15) is 13.2 Å². The highest BCUT2D eigenvalue weighted by Crippen LogP contribution is 2.22. The van der Waals surface area contributed by atoms with Crippen molar-refractivity contribution >= 4 is 10.0 Å². The Bertz CT molecular complexity index is 663. The minimum atomic E-state index is -4.50. The van der Waals surface area contributed by atoms with Gasteiger partial charge in [0.1, 0.15) is 12.3 Å². The van der Waals surface area contributed by atoms with Crippen LogP contribution in [0.5, 0.6) is 5.75 Å². The first-order valence-electron chi connectivity index (χ1n) is 9.79. The molecule has 0 saturated heterocycles. The molecule has 5 nitrogen and oxygen atoms in total. The number of hydrogen-bond donors (Lipinski definition) is 1. The average Bonchev–Trinajstić information content (AvgIpc) is 2.66. The fraction of sp³-hybridized carbons (Fsp3) is 0.700. The molecule has 1 rings (SSSR count). The van der Waals surface area contributed by atoms with E-state index in [4.69, 9.17) is 9.47 Å². The molecule has 0 aliphatic carbocycles. The van der Waals surface area contributed by atoms with E-state index in [2.05, 4.69) is 26.0 Å². The third-order valence-corrected chi connectivity index (χ3v) is 6.28. The van der Waals surface area contributed by atoms with Gasteiger partial charge in [0.25, 0.3) is 0 Å².